The van der Waals surface area contributed by atoms with Gasteiger partial charge in [0.1, 0.15) is 0 Å². The molecule has 0 amide bonds. The second-order valence-corrected chi connectivity index (χ2v) is 5.71. The van der Waals surface area contributed by atoms with Crippen LogP contribution in [0.5, 0.6) is 0 Å². The Morgan fingerprint density at radius 2 is 1.64 bits per heavy atom. The van der Waals surface area contributed by atoms with Gasteiger partial charge in [-0.3, -0.25) is 0 Å². The van der Waals surface area contributed by atoms with Crippen molar-refractivity contribution in [1.82, 2.24) is 5.32 Å². The molecule has 0 radical (unpaired) electrons. The third kappa shape index (κ3) is 2.13. The fourth-order valence-corrected chi connectivity index (χ4v) is 3.30. The average molecular weight is 195 g/mol. The molecule has 2 aliphatic rings. The summed E-state index contributed by atoms with van der Waals surface area (Å²) in [5, 5.41) is 3.58. The molecule has 0 spiro atoms. The van der Waals surface area contributed by atoms with Crippen molar-refractivity contribution in [1.29, 1.82) is 0 Å². The van der Waals surface area contributed by atoms with E-state index in [2.05, 4.69) is 26.2 Å². The van der Waals surface area contributed by atoms with Gasteiger partial charge in [0.2, 0.25) is 0 Å². The highest BCUT2D eigenvalue weighted by Crippen LogP contribution is 2.45. The molecule has 0 aromatic carbocycles. The molecule has 1 heteroatoms. The van der Waals surface area contributed by atoms with Crippen LogP contribution in [-0.4, -0.2) is 13.1 Å². The maximum Gasteiger partial charge on any atom is 0.0123 e. The molecule has 0 aliphatic heterocycles. The van der Waals surface area contributed by atoms with Crippen LogP contribution in [0, 0.1) is 23.7 Å². The van der Waals surface area contributed by atoms with Crippen LogP contribution in [0.4, 0.5) is 0 Å². The summed E-state index contributed by atoms with van der Waals surface area (Å²) in [6.07, 6.45) is 7.33. The van der Waals surface area contributed by atoms with Crippen molar-refractivity contribution in [3.8, 4) is 0 Å². The Balaban J connectivity index is 1.86. The number of nitrogens with one attached hydrogen (secondary N) is 1. The van der Waals surface area contributed by atoms with Crippen molar-refractivity contribution in [3.05, 3.63) is 0 Å². The molecule has 0 aromatic heterocycles. The van der Waals surface area contributed by atoms with Crippen LogP contribution in [0.15, 0.2) is 0 Å². The largest absolute Gasteiger partial charge is 0.316 e. The molecule has 2 saturated carbocycles. The lowest BCUT2D eigenvalue weighted by molar-refractivity contribution is 0.218. The van der Waals surface area contributed by atoms with E-state index in [4.69, 9.17) is 0 Å². The van der Waals surface area contributed by atoms with Crippen LogP contribution < -0.4 is 5.32 Å². The van der Waals surface area contributed by atoms with Gasteiger partial charge in [0.15, 0.2) is 0 Å². The van der Waals surface area contributed by atoms with Gasteiger partial charge in [0.25, 0.3) is 0 Å². The molecule has 82 valence electrons. The maximum atomic E-state index is 3.58. The first-order valence-corrected chi connectivity index (χ1v) is 6.39. The fourth-order valence-electron chi connectivity index (χ4n) is 3.30. The van der Waals surface area contributed by atoms with E-state index in [1.807, 2.05) is 0 Å². The molecule has 0 aromatic rings. The molecule has 1 N–H and O–H groups in total. The van der Waals surface area contributed by atoms with Crippen LogP contribution in [0.2, 0.25) is 0 Å². The lowest BCUT2D eigenvalue weighted by Gasteiger charge is -2.33. The molecular formula is C13H25N. The summed E-state index contributed by atoms with van der Waals surface area (Å²) in [7, 11) is 2.16. The van der Waals surface area contributed by atoms with Crippen LogP contribution in [-0.2, 0) is 0 Å². The SMILES string of the molecule is CNC(C1CCC(C)CC1)C1CC1C. The highest BCUT2D eigenvalue weighted by molar-refractivity contribution is 4.96. The molecule has 14 heavy (non-hydrogen) atoms. The van der Waals surface area contributed by atoms with E-state index in [1.54, 1.807) is 0 Å². The predicted octanol–water partition coefficient (Wildman–Crippen LogP) is 3.06. The first-order chi connectivity index (χ1) is 6.72. The minimum absolute atomic E-state index is 0.831. The molecule has 3 atom stereocenters. The lowest BCUT2D eigenvalue weighted by Crippen LogP contribution is -2.37. The third-order valence-electron chi connectivity index (χ3n) is 4.53. The topological polar surface area (TPSA) is 12.0 Å². The number of hydrogen-bond acceptors (Lipinski definition) is 1. The van der Waals surface area contributed by atoms with Crippen molar-refractivity contribution in [2.45, 2.75) is 52.0 Å². The Morgan fingerprint density at radius 1 is 1.07 bits per heavy atom. The zero-order valence-electron chi connectivity index (χ0n) is 9.92. The van der Waals surface area contributed by atoms with Crippen molar-refractivity contribution in [3.63, 3.8) is 0 Å². The summed E-state index contributed by atoms with van der Waals surface area (Å²) in [5.74, 6) is 3.96. The van der Waals surface area contributed by atoms with Crippen LogP contribution in [0.25, 0.3) is 0 Å². The van der Waals surface area contributed by atoms with Gasteiger partial charge < -0.3 is 5.32 Å². The summed E-state index contributed by atoms with van der Waals surface area (Å²) in [4.78, 5) is 0. The fraction of sp³-hybridized carbons (Fsp3) is 1.00. The Kier molecular flexibility index (Phi) is 3.16. The number of hydrogen-bond donors (Lipinski definition) is 1. The Morgan fingerprint density at radius 3 is 2.07 bits per heavy atom. The molecule has 2 fully saturated rings. The summed E-state index contributed by atoms with van der Waals surface area (Å²) in [6, 6.07) is 0.831. The van der Waals surface area contributed by atoms with Gasteiger partial charge in [-0.1, -0.05) is 26.7 Å². The highest BCUT2D eigenvalue weighted by atomic mass is 14.9. The Bertz CT molecular complexity index is 182. The third-order valence-corrected chi connectivity index (χ3v) is 4.53. The van der Waals surface area contributed by atoms with Gasteiger partial charge in [-0.25, -0.2) is 0 Å². The summed E-state index contributed by atoms with van der Waals surface area (Å²) in [5.41, 5.74) is 0. The van der Waals surface area contributed by atoms with E-state index in [1.165, 1.54) is 32.1 Å². The lowest BCUT2D eigenvalue weighted by atomic mass is 9.77. The molecule has 3 unspecified atom stereocenters. The summed E-state index contributed by atoms with van der Waals surface area (Å²) in [6.45, 7) is 4.81. The van der Waals surface area contributed by atoms with E-state index in [0.717, 1.165) is 29.7 Å². The zero-order valence-corrected chi connectivity index (χ0v) is 9.92. The average Bonchev–Trinajstić information content (AvgIpc) is 2.88. The molecular weight excluding hydrogens is 170 g/mol. The highest BCUT2D eigenvalue weighted by Gasteiger charge is 2.42. The molecule has 0 heterocycles. The van der Waals surface area contributed by atoms with Gasteiger partial charge in [-0.15, -0.1) is 0 Å². The monoisotopic (exact) mass is 195 g/mol. The van der Waals surface area contributed by atoms with Gasteiger partial charge in [-0.05, 0) is 50.0 Å². The molecule has 0 saturated heterocycles. The summed E-state index contributed by atoms with van der Waals surface area (Å²) >= 11 is 0. The minimum Gasteiger partial charge on any atom is -0.316 e. The first kappa shape index (κ1) is 10.5. The van der Waals surface area contributed by atoms with E-state index < -0.39 is 0 Å². The van der Waals surface area contributed by atoms with E-state index >= 15 is 0 Å². The van der Waals surface area contributed by atoms with Crippen LogP contribution in [0.3, 0.4) is 0 Å². The van der Waals surface area contributed by atoms with Crippen molar-refractivity contribution in [2.75, 3.05) is 7.05 Å². The Hall–Kier alpha value is -0.0400. The van der Waals surface area contributed by atoms with Crippen molar-refractivity contribution in [2.24, 2.45) is 23.7 Å². The minimum atomic E-state index is 0.831. The smallest absolute Gasteiger partial charge is 0.0123 e. The van der Waals surface area contributed by atoms with Gasteiger partial charge >= 0.3 is 0 Å². The quantitative estimate of drug-likeness (QED) is 0.730. The molecule has 1 nitrogen and oxygen atoms in total. The van der Waals surface area contributed by atoms with Gasteiger partial charge in [0.05, 0.1) is 0 Å². The maximum absolute atomic E-state index is 3.58. The number of rotatable bonds is 3. The van der Waals surface area contributed by atoms with E-state index in [0.29, 0.717) is 0 Å². The van der Waals surface area contributed by atoms with Crippen LogP contribution in [0.1, 0.15) is 46.0 Å². The molecule has 2 rings (SSSR count). The first-order valence-electron chi connectivity index (χ1n) is 6.39. The van der Waals surface area contributed by atoms with E-state index in [-0.39, 0.29) is 0 Å². The Labute approximate surface area is 88.7 Å². The van der Waals surface area contributed by atoms with Gasteiger partial charge in [-0.2, -0.15) is 0 Å². The standard InChI is InChI=1S/C13H25N/c1-9-4-6-11(7-5-9)13(14-3)12-8-10(12)2/h9-14H,4-8H2,1-3H3. The van der Waals surface area contributed by atoms with Crippen LogP contribution >= 0.6 is 0 Å². The zero-order chi connectivity index (χ0) is 10.1. The van der Waals surface area contributed by atoms with E-state index in [9.17, 15) is 0 Å². The van der Waals surface area contributed by atoms with Gasteiger partial charge in [0, 0.05) is 6.04 Å². The molecule has 0 bridgehead atoms. The van der Waals surface area contributed by atoms with Crippen molar-refractivity contribution < 1.29 is 0 Å². The molecule has 2 aliphatic carbocycles. The second-order valence-electron chi connectivity index (χ2n) is 5.71. The van der Waals surface area contributed by atoms with Crippen molar-refractivity contribution >= 4 is 0 Å². The second kappa shape index (κ2) is 4.22. The summed E-state index contributed by atoms with van der Waals surface area (Å²) < 4.78 is 0. The predicted molar refractivity (Wildman–Crippen MR) is 61.2 cm³/mol. The normalized spacial score (nSPS) is 44.8.